The van der Waals surface area contributed by atoms with E-state index in [1.165, 1.54) is 0 Å². The zero-order valence-corrected chi connectivity index (χ0v) is 11.8. The topological polar surface area (TPSA) is 63.2 Å². The third-order valence-corrected chi connectivity index (χ3v) is 3.22. The smallest absolute Gasteiger partial charge is 0.231 e. The number of ether oxygens (including phenoxy) is 1. The van der Waals surface area contributed by atoms with Crippen molar-refractivity contribution in [3.8, 4) is 5.75 Å². The number of hydrogen-bond acceptors (Lipinski definition) is 6. The predicted octanol–water partition coefficient (Wildman–Crippen LogP) is 1.97. The van der Waals surface area contributed by atoms with Gasteiger partial charge < -0.3 is 15.0 Å². The van der Waals surface area contributed by atoms with Crippen LogP contribution in [-0.2, 0) is 6.54 Å². The molecular weight excluding hydrogens is 278 g/mol. The average molecular weight is 292 g/mol. The van der Waals surface area contributed by atoms with Gasteiger partial charge in [0, 0.05) is 19.2 Å². The maximum atomic E-state index is 5.93. The molecule has 104 valence electrons. The van der Waals surface area contributed by atoms with Gasteiger partial charge in [-0.15, -0.1) is 0 Å². The first kappa shape index (κ1) is 12.9. The van der Waals surface area contributed by atoms with Crippen molar-refractivity contribution in [2.45, 2.75) is 6.54 Å². The lowest BCUT2D eigenvalue weighted by Crippen LogP contribution is -2.27. The third kappa shape index (κ3) is 2.60. The molecule has 0 bridgehead atoms. The van der Waals surface area contributed by atoms with Gasteiger partial charge >= 0.3 is 0 Å². The van der Waals surface area contributed by atoms with E-state index in [1.807, 2.05) is 29.2 Å². The molecule has 6 nitrogen and oxygen atoms in total. The van der Waals surface area contributed by atoms with E-state index in [0.29, 0.717) is 31.6 Å². The average Bonchev–Trinajstić information content (AvgIpc) is 2.68. The number of para-hydroxylation sites is 1. The van der Waals surface area contributed by atoms with Crippen molar-refractivity contribution >= 4 is 23.5 Å². The number of rotatable bonds is 2. The SMILES string of the molecule is CNc1nc(Cl)nc(N2CCOc3ccccc3C2)n1. The van der Waals surface area contributed by atoms with Crippen LogP contribution in [0.25, 0.3) is 0 Å². The molecule has 0 fully saturated rings. The van der Waals surface area contributed by atoms with Gasteiger partial charge in [-0.2, -0.15) is 15.0 Å². The fraction of sp³-hybridized carbons (Fsp3) is 0.308. The zero-order chi connectivity index (χ0) is 13.9. The maximum absolute atomic E-state index is 5.93. The van der Waals surface area contributed by atoms with E-state index in [9.17, 15) is 0 Å². The molecule has 0 saturated heterocycles. The van der Waals surface area contributed by atoms with Crippen molar-refractivity contribution in [1.82, 2.24) is 15.0 Å². The van der Waals surface area contributed by atoms with E-state index in [4.69, 9.17) is 16.3 Å². The van der Waals surface area contributed by atoms with Crippen LogP contribution in [0.4, 0.5) is 11.9 Å². The fourth-order valence-electron chi connectivity index (χ4n) is 2.09. The molecule has 0 atom stereocenters. The molecule has 0 saturated carbocycles. The van der Waals surface area contributed by atoms with Crippen LogP contribution >= 0.6 is 11.6 Å². The minimum absolute atomic E-state index is 0.179. The second-order valence-electron chi connectivity index (χ2n) is 4.36. The molecule has 0 spiro atoms. The molecule has 0 unspecified atom stereocenters. The Hall–Kier alpha value is -2.08. The highest BCUT2D eigenvalue weighted by atomic mass is 35.5. The summed E-state index contributed by atoms with van der Waals surface area (Å²) in [7, 11) is 1.75. The van der Waals surface area contributed by atoms with Crippen molar-refractivity contribution in [3.05, 3.63) is 35.1 Å². The third-order valence-electron chi connectivity index (χ3n) is 3.06. The molecular formula is C13H14ClN5O. The van der Waals surface area contributed by atoms with Crippen LogP contribution in [-0.4, -0.2) is 35.2 Å². The second-order valence-corrected chi connectivity index (χ2v) is 4.69. The van der Waals surface area contributed by atoms with Gasteiger partial charge in [0.25, 0.3) is 0 Å². The quantitative estimate of drug-likeness (QED) is 0.913. The van der Waals surface area contributed by atoms with Gasteiger partial charge in [-0.1, -0.05) is 18.2 Å². The summed E-state index contributed by atoms with van der Waals surface area (Å²) in [4.78, 5) is 14.6. The van der Waals surface area contributed by atoms with E-state index in [2.05, 4.69) is 20.3 Å². The highest BCUT2D eigenvalue weighted by Gasteiger charge is 2.18. The van der Waals surface area contributed by atoms with Crippen LogP contribution in [0.15, 0.2) is 24.3 Å². The van der Waals surface area contributed by atoms with Gasteiger partial charge in [-0.05, 0) is 17.7 Å². The minimum atomic E-state index is 0.179. The van der Waals surface area contributed by atoms with E-state index in [-0.39, 0.29) is 5.28 Å². The summed E-state index contributed by atoms with van der Waals surface area (Å²) < 4.78 is 5.73. The molecule has 7 heteroatoms. The van der Waals surface area contributed by atoms with Crippen molar-refractivity contribution in [2.24, 2.45) is 0 Å². The van der Waals surface area contributed by atoms with Crippen LogP contribution in [0.5, 0.6) is 5.75 Å². The van der Waals surface area contributed by atoms with Crippen LogP contribution in [0.2, 0.25) is 5.28 Å². The lowest BCUT2D eigenvalue weighted by molar-refractivity contribution is 0.331. The summed E-state index contributed by atoms with van der Waals surface area (Å²) in [6.45, 7) is 1.95. The number of fused-ring (bicyclic) bond motifs is 1. The number of halogens is 1. The van der Waals surface area contributed by atoms with Gasteiger partial charge in [-0.3, -0.25) is 0 Å². The molecule has 0 aliphatic carbocycles. The Morgan fingerprint density at radius 1 is 1.25 bits per heavy atom. The van der Waals surface area contributed by atoms with Gasteiger partial charge in [0.05, 0.1) is 6.54 Å². The standard InChI is InChI=1S/C13H14ClN5O/c1-15-12-16-11(14)17-13(18-12)19-6-7-20-10-5-3-2-4-9(10)8-19/h2-5H,6-8H2,1H3,(H,15,16,17,18). The summed E-state index contributed by atoms with van der Waals surface area (Å²) >= 11 is 5.93. The molecule has 1 aliphatic rings. The molecule has 2 aromatic rings. The number of hydrogen-bond donors (Lipinski definition) is 1. The Morgan fingerprint density at radius 3 is 2.95 bits per heavy atom. The number of nitrogens with one attached hydrogen (secondary N) is 1. The summed E-state index contributed by atoms with van der Waals surface area (Å²) in [5.41, 5.74) is 1.10. The van der Waals surface area contributed by atoms with Gasteiger partial charge in [-0.25, -0.2) is 0 Å². The first-order valence-electron chi connectivity index (χ1n) is 6.31. The summed E-state index contributed by atoms with van der Waals surface area (Å²) in [6.07, 6.45) is 0. The molecule has 0 amide bonds. The molecule has 3 rings (SSSR count). The van der Waals surface area contributed by atoms with Crippen molar-refractivity contribution < 1.29 is 4.74 Å². The Kier molecular flexibility index (Phi) is 3.56. The molecule has 2 heterocycles. The summed E-state index contributed by atoms with van der Waals surface area (Å²) in [5, 5.41) is 3.06. The Labute approximate surface area is 121 Å². The van der Waals surface area contributed by atoms with E-state index in [1.54, 1.807) is 7.05 Å². The Balaban J connectivity index is 1.93. The zero-order valence-electron chi connectivity index (χ0n) is 11.0. The first-order valence-corrected chi connectivity index (χ1v) is 6.69. The summed E-state index contributed by atoms with van der Waals surface area (Å²) in [6, 6.07) is 7.96. The molecule has 20 heavy (non-hydrogen) atoms. The molecule has 1 aromatic carbocycles. The lowest BCUT2D eigenvalue weighted by atomic mass is 10.2. The normalized spacial score (nSPS) is 14.2. The molecule has 0 radical (unpaired) electrons. The molecule has 1 N–H and O–H groups in total. The highest BCUT2D eigenvalue weighted by Crippen LogP contribution is 2.25. The Bertz CT molecular complexity index is 621. The highest BCUT2D eigenvalue weighted by molar-refractivity contribution is 6.28. The number of anilines is 2. The van der Waals surface area contributed by atoms with Crippen molar-refractivity contribution in [2.75, 3.05) is 30.4 Å². The van der Waals surface area contributed by atoms with Gasteiger partial charge in [0.1, 0.15) is 12.4 Å². The summed E-state index contributed by atoms with van der Waals surface area (Å²) in [5.74, 6) is 1.91. The lowest BCUT2D eigenvalue weighted by Gasteiger charge is -2.19. The van der Waals surface area contributed by atoms with Gasteiger partial charge in [0.2, 0.25) is 17.2 Å². The van der Waals surface area contributed by atoms with Gasteiger partial charge in [0.15, 0.2) is 0 Å². The van der Waals surface area contributed by atoms with E-state index < -0.39 is 0 Å². The number of nitrogens with zero attached hydrogens (tertiary/aromatic N) is 4. The predicted molar refractivity (Wildman–Crippen MR) is 77.4 cm³/mol. The van der Waals surface area contributed by atoms with Crippen LogP contribution in [0.3, 0.4) is 0 Å². The molecule has 1 aromatic heterocycles. The molecule has 1 aliphatic heterocycles. The van der Waals surface area contributed by atoms with E-state index in [0.717, 1.165) is 11.3 Å². The van der Waals surface area contributed by atoms with E-state index >= 15 is 0 Å². The van der Waals surface area contributed by atoms with Crippen molar-refractivity contribution in [1.29, 1.82) is 0 Å². The minimum Gasteiger partial charge on any atom is -0.491 e. The Morgan fingerprint density at radius 2 is 2.10 bits per heavy atom. The van der Waals surface area contributed by atoms with Crippen LogP contribution in [0, 0.1) is 0 Å². The second kappa shape index (κ2) is 5.50. The largest absolute Gasteiger partial charge is 0.491 e. The fourth-order valence-corrected chi connectivity index (χ4v) is 2.24. The first-order chi connectivity index (χ1) is 9.76. The monoisotopic (exact) mass is 291 g/mol. The van der Waals surface area contributed by atoms with Crippen molar-refractivity contribution in [3.63, 3.8) is 0 Å². The van der Waals surface area contributed by atoms with Crippen LogP contribution in [0.1, 0.15) is 5.56 Å². The number of benzene rings is 1. The number of aromatic nitrogens is 3. The van der Waals surface area contributed by atoms with Crippen LogP contribution < -0.4 is 15.0 Å². The maximum Gasteiger partial charge on any atom is 0.231 e.